The molecule has 0 saturated carbocycles. The van der Waals surface area contributed by atoms with Gasteiger partial charge in [-0.1, -0.05) is 42.5 Å². The maximum Gasteiger partial charge on any atom is 0.161 e. The van der Waals surface area contributed by atoms with E-state index in [1.54, 1.807) is 0 Å². The Hall–Kier alpha value is -3.47. The highest BCUT2D eigenvalue weighted by molar-refractivity contribution is 5.99. The van der Waals surface area contributed by atoms with Gasteiger partial charge in [-0.15, -0.1) is 10.2 Å². The summed E-state index contributed by atoms with van der Waals surface area (Å²) in [7, 11) is 0. The Kier molecular flexibility index (Phi) is 4.56. The van der Waals surface area contributed by atoms with Gasteiger partial charge in [0.25, 0.3) is 0 Å². The second kappa shape index (κ2) is 7.51. The summed E-state index contributed by atoms with van der Waals surface area (Å²) in [6.07, 6.45) is 3.74. The van der Waals surface area contributed by atoms with Gasteiger partial charge in [0.2, 0.25) is 0 Å². The first-order valence-corrected chi connectivity index (χ1v) is 9.95. The van der Waals surface area contributed by atoms with E-state index in [-0.39, 0.29) is 0 Å². The van der Waals surface area contributed by atoms with Crippen molar-refractivity contribution in [3.05, 3.63) is 79.1 Å². The smallest absolute Gasteiger partial charge is 0.161 e. The summed E-state index contributed by atoms with van der Waals surface area (Å²) in [5, 5.41) is 11.4. The maximum atomic E-state index is 4.67. The van der Waals surface area contributed by atoms with Crippen LogP contribution in [0.2, 0.25) is 0 Å². The van der Waals surface area contributed by atoms with Crippen LogP contribution in [0.15, 0.2) is 73.1 Å². The van der Waals surface area contributed by atoms with Gasteiger partial charge in [-0.05, 0) is 31.2 Å². The molecule has 5 rings (SSSR count). The van der Waals surface area contributed by atoms with Crippen LogP contribution in [0.1, 0.15) is 6.92 Å². The zero-order valence-corrected chi connectivity index (χ0v) is 16.4. The van der Waals surface area contributed by atoms with Gasteiger partial charge < -0.3 is 9.80 Å². The van der Waals surface area contributed by atoms with Crippen LogP contribution in [-0.4, -0.2) is 40.9 Å². The molecule has 1 atom stereocenters. The van der Waals surface area contributed by atoms with Crippen LogP contribution in [0.5, 0.6) is 0 Å². The molecule has 5 nitrogen and oxygen atoms in total. The average molecular weight is 380 g/mol. The van der Waals surface area contributed by atoms with Crippen molar-refractivity contribution in [3.8, 4) is 11.3 Å². The molecule has 0 amide bonds. The van der Waals surface area contributed by atoms with Crippen molar-refractivity contribution in [2.45, 2.75) is 13.0 Å². The second-order valence-corrected chi connectivity index (χ2v) is 7.41. The number of piperazine rings is 1. The summed E-state index contributed by atoms with van der Waals surface area (Å²) in [5.74, 6) is 0.918. The SMILES string of the molecule is C[C@@H]1CN(c2cc[c]cc2)CCN1c1nnc(-c2ccccc2)c2ccncc12. The molecule has 1 saturated heterocycles. The number of hydrogen-bond donors (Lipinski definition) is 0. The van der Waals surface area contributed by atoms with Crippen molar-refractivity contribution in [3.63, 3.8) is 0 Å². The molecule has 4 aromatic rings. The molecule has 29 heavy (non-hydrogen) atoms. The molecule has 3 heterocycles. The number of benzene rings is 2. The van der Waals surface area contributed by atoms with Gasteiger partial charge in [0, 0.05) is 60.1 Å². The number of anilines is 2. The number of rotatable bonds is 3. The quantitative estimate of drug-likeness (QED) is 0.533. The molecule has 1 radical (unpaired) electrons. The first-order chi connectivity index (χ1) is 14.3. The fraction of sp³-hybridized carbons (Fsp3) is 0.208. The van der Waals surface area contributed by atoms with E-state index in [0.29, 0.717) is 6.04 Å². The van der Waals surface area contributed by atoms with Crippen molar-refractivity contribution in [1.29, 1.82) is 0 Å². The van der Waals surface area contributed by atoms with Gasteiger partial charge in [0.1, 0.15) is 5.69 Å². The molecule has 2 aromatic heterocycles. The number of fused-ring (bicyclic) bond motifs is 1. The molecule has 0 bridgehead atoms. The molecule has 0 unspecified atom stereocenters. The van der Waals surface area contributed by atoms with Gasteiger partial charge >= 0.3 is 0 Å². The number of nitrogens with zero attached hydrogens (tertiary/aromatic N) is 5. The van der Waals surface area contributed by atoms with Crippen molar-refractivity contribution in [2.75, 3.05) is 29.4 Å². The average Bonchev–Trinajstić information content (AvgIpc) is 2.80. The molecular formula is C24H22N5. The van der Waals surface area contributed by atoms with E-state index >= 15 is 0 Å². The zero-order chi connectivity index (χ0) is 19.6. The fourth-order valence-corrected chi connectivity index (χ4v) is 4.10. The highest BCUT2D eigenvalue weighted by atomic mass is 15.3. The predicted molar refractivity (Wildman–Crippen MR) is 117 cm³/mol. The van der Waals surface area contributed by atoms with E-state index in [1.807, 2.05) is 48.8 Å². The Morgan fingerprint density at radius 2 is 1.76 bits per heavy atom. The first-order valence-electron chi connectivity index (χ1n) is 9.95. The Bertz CT molecular complexity index is 1110. The van der Waals surface area contributed by atoms with Gasteiger partial charge in [0.15, 0.2) is 5.82 Å². The minimum atomic E-state index is 0.313. The Balaban J connectivity index is 1.50. The number of hydrogen-bond acceptors (Lipinski definition) is 5. The first kappa shape index (κ1) is 17.6. The summed E-state index contributed by atoms with van der Waals surface area (Å²) in [5.41, 5.74) is 3.22. The van der Waals surface area contributed by atoms with Crippen LogP contribution in [-0.2, 0) is 0 Å². The lowest BCUT2D eigenvalue weighted by Gasteiger charge is -2.41. The van der Waals surface area contributed by atoms with Crippen LogP contribution < -0.4 is 9.80 Å². The molecule has 0 aliphatic carbocycles. The molecule has 1 aliphatic rings. The second-order valence-electron chi connectivity index (χ2n) is 7.41. The van der Waals surface area contributed by atoms with Crippen LogP contribution in [0.25, 0.3) is 22.0 Å². The Morgan fingerprint density at radius 1 is 0.931 bits per heavy atom. The van der Waals surface area contributed by atoms with E-state index in [0.717, 1.165) is 47.5 Å². The van der Waals surface area contributed by atoms with Crippen molar-refractivity contribution < 1.29 is 0 Å². The van der Waals surface area contributed by atoms with Gasteiger partial charge in [-0.3, -0.25) is 4.98 Å². The van der Waals surface area contributed by atoms with E-state index in [1.165, 1.54) is 5.69 Å². The number of pyridine rings is 1. The third-order valence-corrected chi connectivity index (χ3v) is 5.57. The minimum absolute atomic E-state index is 0.313. The lowest BCUT2D eigenvalue weighted by molar-refractivity contribution is 0.545. The largest absolute Gasteiger partial charge is 0.368 e. The highest BCUT2D eigenvalue weighted by Crippen LogP contribution is 2.32. The summed E-state index contributed by atoms with van der Waals surface area (Å²) in [4.78, 5) is 9.16. The predicted octanol–water partition coefficient (Wildman–Crippen LogP) is 4.21. The van der Waals surface area contributed by atoms with Gasteiger partial charge in [-0.25, -0.2) is 0 Å². The topological polar surface area (TPSA) is 45.2 Å². The normalized spacial score (nSPS) is 16.9. The maximum absolute atomic E-state index is 4.67. The monoisotopic (exact) mass is 380 g/mol. The van der Waals surface area contributed by atoms with E-state index in [9.17, 15) is 0 Å². The fourth-order valence-electron chi connectivity index (χ4n) is 4.10. The Labute approximate surface area is 170 Å². The van der Waals surface area contributed by atoms with Crippen molar-refractivity contribution in [1.82, 2.24) is 15.2 Å². The summed E-state index contributed by atoms with van der Waals surface area (Å²) >= 11 is 0. The molecule has 5 heteroatoms. The van der Waals surface area contributed by atoms with Gasteiger partial charge in [-0.2, -0.15) is 0 Å². The third-order valence-electron chi connectivity index (χ3n) is 5.57. The minimum Gasteiger partial charge on any atom is -0.368 e. The lowest BCUT2D eigenvalue weighted by atomic mass is 10.1. The van der Waals surface area contributed by atoms with Crippen LogP contribution in [0, 0.1) is 6.07 Å². The molecule has 1 fully saturated rings. The standard InChI is InChI=1S/C24H22N5/c1-18-17-28(20-10-6-3-7-11-20)14-15-29(18)24-22-16-25-13-12-21(22)23(26-27-24)19-8-4-2-5-9-19/h2,4-13,16,18H,14-15,17H2,1H3/t18-/m1/s1. The van der Waals surface area contributed by atoms with Crippen molar-refractivity contribution in [2.24, 2.45) is 0 Å². The van der Waals surface area contributed by atoms with Crippen molar-refractivity contribution >= 4 is 22.3 Å². The Morgan fingerprint density at radius 3 is 2.55 bits per heavy atom. The lowest BCUT2D eigenvalue weighted by Crippen LogP contribution is -2.52. The number of aromatic nitrogens is 3. The van der Waals surface area contributed by atoms with Gasteiger partial charge in [0.05, 0.1) is 0 Å². The molecule has 143 valence electrons. The highest BCUT2D eigenvalue weighted by Gasteiger charge is 2.27. The van der Waals surface area contributed by atoms with E-state index in [2.05, 4.69) is 62.2 Å². The third kappa shape index (κ3) is 3.29. The molecule has 1 aliphatic heterocycles. The van der Waals surface area contributed by atoms with Crippen LogP contribution >= 0.6 is 0 Å². The van der Waals surface area contributed by atoms with E-state index < -0.39 is 0 Å². The summed E-state index contributed by atoms with van der Waals surface area (Å²) < 4.78 is 0. The zero-order valence-electron chi connectivity index (χ0n) is 16.4. The molecule has 0 spiro atoms. The summed E-state index contributed by atoms with van der Waals surface area (Å²) in [6.45, 7) is 5.02. The van der Waals surface area contributed by atoms with Crippen LogP contribution in [0.4, 0.5) is 11.5 Å². The molecule has 2 aromatic carbocycles. The summed E-state index contributed by atoms with van der Waals surface area (Å²) in [6, 6.07) is 23.8. The van der Waals surface area contributed by atoms with Crippen LogP contribution in [0.3, 0.4) is 0 Å². The molecule has 0 N–H and O–H groups in total. The van der Waals surface area contributed by atoms with E-state index in [4.69, 9.17) is 0 Å². The molecular weight excluding hydrogens is 358 g/mol.